The minimum atomic E-state index is -0.650. The molecule has 0 bridgehead atoms. The third kappa shape index (κ3) is 5.85. The molecule has 0 spiro atoms. The molecule has 122 valence electrons. The van der Waals surface area contributed by atoms with E-state index in [9.17, 15) is 9.59 Å². The molecule has 1 rings (SSSR count). The van der Waals surface area contributed by atoms with E-state index in [0.29, 0.717) is 23.8 Å². The highest BCUT2D eigenvalue weighted by molar-refractivity contribution is 5.94. The SMILES string of the molecule is CC(=O)c1cccc(OC(C)C(=O)NC(CN)CC(C)C)c1. The van der Waals surface area contributed by atoms with Crippen LogP contribution in [-0.4, -0.2) is 30.4 Å². The average Bonchev–Trinajstić information content (AvgIpc) is 2.46. The van der Waals surface area contributed by atoms with Gasteiger partial charge in [0.15, 0.2) is 11.9 Å². The first kappa shape index (κ1) is 18.2. The maximum Gasteiger partial charge on any atom is 0.261 e. The van der Waals surface area contributed by atoms with E-state index in [-0.39, 0.29) is 17.7 Å². The third-order valence-electron chi connectivity index (χ3n) is 3.31. The predicted octanol–water partition coefficient (Wildman–Crippen LogP) is 2.15. The second-order valence-electron chi connectivity index (χ2n) is 5.91. The summed E-state index contributed by atoms with van der Waals surface area (Å²) in [7, 11) is 0. The molecule has 1 aromatic carbocycles. The number of nitrogens with one attached hydrogen (secondary N) is 1. The van der Waals surface area contributed by atoms with E-state index in [1.165, 1.54) is 6.92 Å². The van der Waals surface area contributed by atoms with Crippen LogP contribution in [0.15, 0.2) is 24.3 Å². The van der Waals surface area contributed by atoms with Gasteiger partial charge >= 0.3 is 0 Å². The molecule has 0 heterocycles. The van der Waals surface area contributed by atoms with Gasteiger partial charge in [0, 0.05) is 18.2 Å². The van der Waals surface area contributed by atoms with Gasteiger partial charge in [-0.1, -0.05) is 26.0 Å². The van der Waals surface area contributed by atoms with E-state index >= 15 is 0 Å². The second kappa shape index (κ2) is 8.54. The van der Waals surface area contributed by atoms with E-state index in [1.54, 1.807) is 31.2 Å². The molecule has 0 aliphatic rings. The van der Waals surface area contributed by atoms with Crippen molar-refractivity contribution >= 4 is 11.7 Å². The molecular formula is C17H26N2O3. The van der Waals surface area contributed by atoms with Gasteiger partial charge in [-0.25, -0.2) is 0 Å². The molecule has 22 heavy (non-hydrogen) atoms. The first-order valence-electron chi connectivity index (χ1n) is 7.61. The van der Waals surface area contributed by atoms with Crippen molar-refractivity contribution in [3.63, 3.8) is 0 Å². The van der Waals surface area contributed by atoms with Crippen molar-refractivity contribution < 1.29 is 14.3 Å². The monoisotopic (exact) mass is 306 g/mol. The fourth-order valence-electron chi connectivity index (χ4n) is 2.15. The Labute approximate surface area is 132 Å². The zero-order valence-corrected chi connectivity index (χ0v) is 13.8. The summed E-state index contributed by atoms with van der Waals surface area (Å²) in [5, 5.41) is 2.90. The number of carbonyl (C=O) groups is 2. The van der Waals surface area contributed by atoms with Gasteiger partial charge in [-0.15, -0.1) is 0 Å². The summed E-state index contributed by atoms with van der Waals surface area (Å²) < 4.78 is 5.61. The van der Waals surface area contributed by atoms with Crippen LogP contribution in [0, 0.1) is 5.92 Å². The molecule has 0 aliphatic carbocycles. The van der Waals surface area contributed by atoms with E-state index in [4.69, 9.17) is 10.5 Å². The van der Waals surface area contributed by atoms with Gasteiger partial charge in [-0.2, -0.15) is 0 Å². The molecule has 3 N–H and O–H groups in total. The maximum absolute atomic E-state index is 12.2. The molecule has 0 radical (unpaired) electrons. The van der Waals surface area contributed by atoms with Gasteiger partial charge in [0.1, 0.15) is 5.75 Å². The molecule has 0 fully saturated rings. The lowest BCUT2D eigenvalue weighted by Gasteiger charge is -2.22. The molecule has 0 aliphatic heterocycles. The van der Waals surface area contributed by atoms with Gasteiger partial charge in [0.2, 0.25) is 0 Å². The minimum absolute atomic E-state index is 0.0392. The minimum Gasteiger partial charge on any atom is -0.481 e. The van der Waals surface area contributed by atoms with E-state index in [1.807, 2.05) is 0 Å². The van der Waals surface area contributed by atoms with Crippen molar-refractivity contribution in [2.45, 2.75) is 46.3 Å². The molecule has 1 aromatic rings. The highest BCUT2D eigenvalue weighted by Crippen LogP contribution is 2.15. The zero-order chi connectivity index (χ0) is 16.7. The lowest BCUT2D eigenvalue weighted by molar-refractivity contribution is -0.128. The lowest BCUT2D eigenvalue weighted by atomic mass is 10.0. The summed E-state index contributed by atoms with van der Waals surface area (Å²) >= 11 is 0. The fourth-order valence-corrected chi connectivity index (χ4v) is 2.15. The Hall–Kier alpha value is -1.88. The van der Waals surface area contributed by atoms with Gasteiger partial charge in [-0.05, 0) is 38.3 Å². The number of hydrogen-bond donors (Lipinski definition) is 2. The van der Waals surface area contributed by atoms with Crippen LogP contribution in [0.4, 0.5) is 0 Å². The van der Waals surface area contributed by atoms with Crippen molar-refractivity contribution in [2.24, 2.45) is 11.7 Å². The summed E-state index contributed by atoms with van der Waals surface area (Å²) in [6.45, 7) is 7.74. The molecule has 0 saturated carbocycles. The van der Waals surface area contributed by atoms with Gasteiger partial charge in [0.25, 0.3) is 5.91 Å². The van der Waals surface area contributed by atoms with Crippen molar-refractivity contribution in [3.8, 4) is 5.75 Å². The Morgan fingerprint density at radius 3 is 2.50 bits per heavy atom. The highest BCUT2D eigenvalue weighted by Gasteiger charge is 2.19. The molecular weight excluding hydrogens is 280 g/mol. The summed E-state index contributed by atoms with van der Waals surface area (Å²) in [5.74, 6) is 0.716. The van der Waals surface area contributed by atoms with Gasteiger partial charge in [-0.3, -0.25) is 9.59 Å². The number of ether oxygens (including phenoxy) is 1. The van der Waals surface area contributed by atoms with Crippen molar-refractivity contribution in [1.29, 1.82) is 0 Å². The zero-order valence-electron chi connectivity index (χ0n) is 13.8. The Morgan fingerprint density at radius 2 is 1.95 bits per heavy atom. The fraction of sp³-hybridized carbons (Fsp3) is 0.529. The molecule has 0 aromatic heterocycles. The van der Waals surface area contributed by atoms with Crippen LogP contribution in [-0.2, 0) is 4.79 Å². The first-order chi connectivity index (χ1) is 10.3. The van der Waals surface area contributed by atoms with Crippen molar-refractivity contribution in [2.75, 3.05) is 6.54 Å². The molecule has 2 atom stereocenters. The smallest absolute Gasteiger partial charge is 0.261 e. The van der Waals surface area contributed by atoms with Crippen LogP contribution in [0.25, 0.3) is 0 Å². The topological polar surface area (TPSA) is 81.4 Å². The number of Topliss-reactive ketones (excluding diaryl/α,β-unsaturated/α-hetero) is 1. The largest absolute Gasteiger partial charge is 0.481 e. The number of hydrogen-bond acceptors (Lipinski definition) is 4. The highest BCUT2D eigenvalue weighted by atomic mass is 16.5. The van der Waals surface area contributed by atoms with Crippen LogP contribution < -0.4 is 15.8 Å². The molecule has 2 unspecified atom stereocenters. The molecule has 5 heteroatoms. The van der Waals surface area contributed by atoms with Crippen LogP contribution in [0.2, 0.25) is 0 Å². The number of ketones is 1. The summed E-state index contributed by atoms with van der Waals surface area (Å²) in [6.07, 6.45) is 0.179. The number of amides is 1. The van der Waals surface area contributed by atoms with Crippen molar-refractivity contribution in [3.05, 3.63) is 29.8 Å². The Balaban J connectivity index is 2.63. The maximum atomic E-state index is 12.2. The molecule has 0 saturated heterocycles. The Morgan fingerprint density at radius 1 is 1.27 bits per heavy atom. The Bertz CT molecular complexity index is 514. The number of rotatable bonds is 8. The van der Waals surface area contributed by atoms with Crippen LogP contribution in [0.5, 0.6) is 5.75 Å². The van der Waals surface area contributed by atoms with E-state index in [2.05, 4.69) is 19.2 Å². The second-order valence-corrected chi connectivity index (χ2v) is 5.91. The lowest BCUT2D eigenvalue weighted by Crippen LogP contribution is -2.46. The average molecular weight is 306 g/mol. The van der Waals surface area contributed by atoms with Gasteiger partial charge < -0.3 is 15.8 Å². The summed E-state index contributed by atoms with van der Waals surface area (Å²) in [6, 6.07) is 6.76. The van der Waals surface area contributed by atoms with E-state index in [0.717, 1.165) is 6.42 Å². The standard InChI is InChI=1S/C17H26N2O3/c1-11(2)8-15(10-18)19-17(21)13(4)22-16-7-5-6-14(9-16)12(3)20/h5-7,9,11,13,15H,8,10,18H2,1-4H3,(H,19,21). The van der Waals surface area contributed by atoms with Crippen LogP contribution in [0.3, 0.4) is 0 Å². The van der Waals surface area contributed by atoms with Crippen molar-refractivity contribution in [1.82, 2.24) is 5.32 Å². The quantitative estimate of drug-likeness (QED) is 0.721. The van der Waals surface area contributed by atoms with Gasteiger partial charge in [0.05, 0.1) is 0 Å². The third-order valence-corrected chi connectivity index (χ3v) is 3.31. The number of nitrogens with two attached hydrogens (primary N) is 1. The van der Waals surface area contributed by atoms with Crippen LogP contribution in [0.1, 0.15) is 44.5 Å². The molecule has 1 amide bonds. The normalized spacial score (nSPS) is 13.5. The number of benzene rings is 1. The van der Waals surface area contributed by atoms with E-state index < -0.39 is 6.10 Å². The summed E-state index contributed by atoms with van der Waals surface area (Å²) in [5.41, 5.74) is 6.24. The van der Waals surface area contributed by atoms with Crippen LogP contribution >= 0.6 is 0 Å². The molecule has 5 nitrogen and oxygen atoms in total. The number of carbonyl (C=O) groups excluding carboxylic acids is 2. The Kier molecular flexibility index (Phi) is 7.05. The first-order valence-corrected chi connectivity index (χ1v) is 7.61. The summed E-state index contributed by atoms with van der Waals surface area (Å²) in [4.78, 5) is 23.5. The predicted molar refractivity (Wildman–Crippen MR) is 87.0 cm³/mol.